The summed E-state index contributed by atoms with van der Waals surface area (Å²) < 4.78 is 23.7. The molecule has 0 aliphatic carbocycles. The molecule has 1 atom stereocenters. The molecule has 1 fully saturated rings. The number of fused-ring (bicyclic) bond motifs is 1. The largest absolute Gasteiger partial charge is 0.454 e. The molecule has 0 bridgehead atoms. The van der Waals surface area contributed by atoms with Gasteiger partial charge in [0.05, 0.1) is 0 Å². The van der Waals surface area contributed by atoms with Crippen LogP contribution in [0.5, 0.6) is 11.5 Å². The highest BCUT2D eigenvalue weighted by atomic mass is 32.1. The number of nitrogens with zero attached hydrogens (tertiary/aromatic N) is 3. The molecular formula is C22H17FN4O4S. The van der Waals surface area contributed by atoms with Gasteiger partial charge in [0.1, 0.15) is 10.8 Å². The van der Waals surface area contributed by atoms with Crippen molar-refractivity contribution in [3.8, 4) is 11.5 Å². The van der Waals surface area contributed by atoms with Crippen molar-refractivity contribution in [3.05, 3.63) is 64.9 Å². The van der Waals surface area contributed by atoms with Crippen LogP contribution in [0.3, 0.4) is 0 Å². The number of hydrogen-bond acceptors (Lipinski definition) is 7. The van der Waals surface area contributed by atoms with Gasteiger partial charge in [-0.3, -0.25) is 14.9 Å². The van der Waals surface area contributed by atoms with Crippen LogP contribution in [0.25, 0.3) is 6.08 Å². The molecule has 1 unspecified atom stereocenters. The van der Waals surface area contributed by atoms with Gasteiger partial charge in [-0.15, -0.1) is 10.2 Å². The summed E-state index contributed by atoms with van der Waals surface area (Å²) in [6.07, 6.45) is 3.34. The summed E-state index contributed by atoms with van der Waals surface area (Å²) in [4.78, 5) is 26.3. The lowest BCUT2D eigenvalue weighted by Gasteiger charge is -2.16. The number of carbonyl (C=O) groups is 2. The van der Waals surface area contributed by atoms with Gasteiger partial charge >= 0.3 is 0 Å². The molecule has 10 heteroatoms. The van der Waals surface area contributed by atoms with E-state index in [1.807, 2.05) is 6.07 Å². The van der Waals surface area contributed by atoms with Gasteiger partial charge in [-0.25, -0.2) is 4.39 Å². The lowest BCUT2D eigenvalue weighted by atomic mass is 10.1. The summed E-state index contributed by atoms with van der Waals surface area (Å²) in [5, 5.41) is 11.9. The highest BCUT2D eigenvalue weighted by molar-refractivity contribution is 7.15. The molecule has 2 amide bonds. The number of amides is 2. The molecule has 1 N–H and O–H groups in total. The van der Waals surface area contributed by atoms with Gasteiger partial charge in [0.2, 0.25) is 23.7 Å². The number of nitrogens with one attached hydrogen (secondary N) is 1. The normalized spacial score (nSPS) is 17.3. The van der Waals surface area contributed by atoms with Crippen LogP contribution in [-0.2, 0) is 9.59 Å². The second-order valence-corrected chi connectivity index (χ2v) is 8.27. The third kappa shape index (κ3) is 4.17. The summed E-state index contributed by atoms with van der Waals surface area (Å²) >= 11 is 1.23. The predicted octanol–water partition coefficient (Wildman–Crippen LogP) is 3.58. The molecule has 2 aromatic carbocycles. The van der Waals surface area contributed by atoms with Gasteiger partial charge in [-0.1, -0.05) is 17.4 Å². The molecular weight excluding hydrogens is 435 g/mol. The summed E-state index contributed by atoms with van der Waals surface area (Å²) in [6.45, 7) is 0.619. The first-order valence-electron chi connectivity index (χ1n) is 9.83. The number of halogens is 1. The Morgan fingerprint density at radius 1 is 1.16 bits per heavy atom. The maximum Gasteiger partial charge on any atom is 0.250 e. The summed E-state index contributed by atoms with van der Waals surface area (Å²) in [7, 11) is 0. The van der Waals surface area contributed by atoms with Gasteiger partial charge in [0.25, 0.3) is 0 Å². The number of hydrogen-bond donors (Lipinski definition) is 1. The van der Waals surface area contributed by atoms with Crippen molar-refractivity contribution in [1.82, 2.24) is 10.2 Å². The van der Waals surface area contributed by atoms with Crippen LogP contribution in [0, 0.1) is 5.82 Å². The van der Waals surface area contributed by atoms with E-state index < -0.39 is 0 Å². The predicted molar refractivity (Wildman–Crippen MR) is 116 cm³/mol. The SMILES string of the molecule is O=C(/C=C/c1ccc2c(c1)OCO2)Nc1nnc(C2CC(=O)N(c3ccc(F)cc3)C2)s1. The maximum absolute atomic E-state index is 13.2. The van der Waals surface area contributed by atoms with Crippen LogP contribution < -0.4 is 19.7 Å². The summed E-state index contributed by atoms with van der Waals surface area (Å²) in [5.41, 5.74) is 1.44. The fourth-order valence-electron chi connectivity index (χ4n) is 3.53. The van der Waals surface area contributed by atoms with Crippen molar-refractivity contribution in [2.24, 2.45) is 0 Å². The standard InChI is InChI=1S/C22H17FN4O4S/c23-15-3-5-16(6-4-15)27-11-14(10-20(27)29)21-25-26-22(32-21)24-19(28)8-2-13-1-7-17-18(9-13)31-12-30-17/h1-9,14H,10-12H2,(H,24,26,28)/b8-2+. The van der Waals surface area contributed by atoms with Crippen molar-refractivity contribution in [1.29, 1.82) is 0 Å². The molecule has 32 heavy (non-hydrogen) atoms. The second kappa shape index (κ2) is 8.39. The van der Waals surface area contributed by atoms with E-state index in [-0.39, 0.29) is 36.8 Å². The van der Waals surface area contributed by atoms with Crippen molar-refractivity contribution in [2.75, 3.05) is 23.6 Å². The molecule has 0 radical (unpaired) electrons. The van der Waals surface area contributed by atoms with Crippen LogP contribution in [0.15, 0.2) is 48.5 Å². The number of carbonyl (C=O) groups excluding carboxylic acids is 2. The zero-order valence-corrected chi connectivity index (χ0v) is 17.5. The summed E-state index contributed by atoms with van der Waals surface area (Å²) in [6, 6.07) is 11.2. The van der Waals surface area contributed by atoms with E-state index >= 15 is 0 Å². The average Bonchev–Trinajstić information content (AvgIpc) is 3.52. The van der Waals surface area contributed by atoms with Crippen molar-refractivity contribution in [3.63, 3.8) is 0 Å². The zero-order chi connectivity index (χ0) is 22.1. The Balaban J connectivity index is 1.21. The minimum atomic E-state index is -0.353. The second-order valence-electron chi connectivity index (χ2n) is 7.26. The lowest BCUT2D eigenvalue weighted by Crippen LogP contribution is -2.24. The van der Waals surface area contributed by atoms with Gasteiger partial charge in [0.15, 0.2) is 11.5 Å². The quantitative estimate of drug-likeness (QED) is 0.595. The van der Waals surface area contributed by atoms with Crippen LogP contribution in [0.4, 0.5) is 15.2 Å². The molecule has 5 rings (SSSR count). The van der Waals surface area contributed by atoms with Crippen molar-refractivity contribution in [2.45, 2.75) is 12.3 Å². The molecule has 2 aliphatic rings. The number of aromatic nitrogens is 2. The number of benzene rings is 2. The molecule has 2 aliphatic heterocycles. The molecule has 3 aromatic rings. The van der Waals surface area contributed by atoms with E-state index in [2.05, 4.69) is 15.5 Å². The van der Waals surface area contributed by atoms with Crippen LogP contribution in [0.2, 0.25) is 0 Å². The maximum atomic E-state index is 13.2. The third-order valence-corrected chi connectivity index (χ3v) is 6.11. The van der Waals surface area contributed by atoms with Crippen molar-refractivity contribution >= 4 is 40.0 Å². The van der Waals surface area contributed by atoms with Crippen LogP contribution >= 0.6 is 11.3 Å². The van der Waals surface area contributed by atoms with Gasteiger partial charge in [-0.2, -0.15) is 0 Å². The fraction of sp³-hybridized carbons (Fsp3) is 0.182. The topological polar surface area (TPSA) is 93.6 Å². The van der Waals surface area contributed by atoms with E-state index in [0.717, 1.165) is 5.56 Å². The molecule has 162 valence electrons. The Morgan fingerprint density at radius 2 is 1.97 bits per heavy atom. The molecule has 3 heterocycles. The van der Waals surface area contributed by atoms with E-state index in [1.54, 1.807) is 35.2 Å². The minimum absolute atomic E-state index is 0.0611. The van der Waals surface area contributed by atoms with Crippen LogP contribution in [0.1, 0.15) is 22.9 Å². The first-order valence-corrected chi connectivity index (χ1v) is 10.6. The highest BCUT2D eigenvalue weighted by Crippen LogP contribution is 2.35. The molecule has 1 saturated heterocycles. The molecule has 1 aromatic heterocycles. The Bertz CT molecular complexity index is 1210. The Kier molecular flexibility index (Phi) is 5.28. The third-order valence-electron chi connectivity index (χ3n) is 5.11. The van der Waals surface area contributed by atoms with Crippen molar-refractivity contribution < 1.29 is 23.5 Å². The molecule has 0 saturated carbocycles. The lowest BCUT2D eigenvalue weighted by molar-refractivity contribution is -0.117. The Labute approximate surface area is 186 Å². The van der Waals surface area contributed by atoms with Gasteiger partial charge < -0.3 is 14.4 Å². The summed E-state index contributed by atoms with van der Waals surface area (Å²) in [5.74, 6) is 0.419. The molecule has 0 spiro atoms. The number of rotatable bonds is 5. The monoisotopic (exact) mass is 452 g/mol. The number of ether oxygens (including phenoxy) is 2. The smallest absolute Gasteiger partial charge is 0.250 e. The van der Waals surface area contributed by atoms with E-state index in [0.29, 0.717) is 33.9 Å². The van der Waals surface area contributed by atoms with Gasteiger partial charge in [0, 0.05) is 30.6 Å². The minimum Gasteiger partial charge on any atom is -0.454 e. The Hall–Kier alpha value is -3.79. The van der Waals surface area contributed by atoms with Crippen LogP contribution in [-0.4, -0.2) is 35.3 Å². The van der Waals surface area contributed by atoms with E-state index in [1.165, 1.54) is 29.5 Å². The van der Waals surface area contributed by atoms with E-state index in [9.17, 15) is 14.0 Å². The van der Waals surface area contributed by atoms with Gasteiger partial charge in [-0.05, 0) is 48.0 Å². The molecule has 8 nitrogen and oxygen atoms in total. The first-order chi connectivity index (χ1) is 15.5. The average molecular weight is 452 g/mol. The zero-order valence-electron chi connectivity index (χ0n) is 16.7. The fourth-order valence-corrected chi connectivity index (χ4v) is 4.37. The highest BCUT2D eigenvalue weighted by Gasteiger charge is 2.34. The van der Waals surface area contributed by atoms with E-state index in [4.69, 9.17) is 9.47 Å². The first kappa shape index (κ1) is 20.1. The number of anilines is 2. The Morgan fingerprint density at radius 3 is 2.81 bits per heavy atom.